The van der Waals surface area contributed by atoms with Gasteiger partial charge in [-0.15, -0.1) is 0 Å². The van der Waals surface area contributed by atoms with Gasteiger partial charge in [0.1, 0.15) is 5.03 Å². The third-order valence-corrected chi connectivity index (χ3v) is 6.53. The van der Waals surface area contributed by atoms with Gasteiger partial charge < -0.3 is 9.80 Å². The Labute approximate surface area is 170 Å². The molecule has 0 atom stereocenters. The first-order valence-corrected chi connectivity index (χ1v) is 10.8. The van der Waals surface area contributed by atoms with E-state index in [0.29, 0.717) is 18.7 Å². The lowest BCUT2D eigenvalue weighted by atomic mass is 9.95. The predicted molar refractivity (Wildman–Crippen MR) is 109 cm³/mol. The second-order valence-corrected chi connectivity index (χ2v) is 8.43. The number of carbonyl (C=O) groups is 2. The number of hydrogen-bond donors (Lipinski definition) is 0. The van der Waals surface area contributed by atoms with Crippen molar-refractivity contribution in [2.45, 2.75) is 35.6 Å². The van der Waals surface area contributed by atoms with Crippen LogP contribution in [0.5, 0.6) is 0 Å². The van der Waals surface area contributed by atoms with Crippen molar-refractivity contribution >= 4 is 23.6 Å². The van der Waals surface area contributed by atoms with Crippen LogP contribution in [0.15, 0.2) is 58.6 Å². The summed E-state index contributed by atoms with van der Waals surface area (Å²) in [5.74, 6) is 0.360. The Morgan fingerprint density at radius 2 is 1.61 bits per heavy atom. The minimum absolute atomic E-state index is 0.0126. The molecule has 1 aromatic heterocycles. The zero-order chi connectivity index (χ0) is 19.3. The maximum absolute atomic E-state index is 13.1. The molecule has 2 fully saturated rings. The highest BCUT2D eigenvalue weighted by atomic mass is 32.2. The van der Waals surface area contributed by atoms with Gasteiger partial charge in [0.05, 0.1) is 5.56 Å². The van der Waals surface area contributed by atoms with Gasteiger partial charge in [0.25, 0.3) is 5.91 Å². The van der Waals surface area contributed by atoms with Gasteiger partial charge in [-0.05, 0) is 49.9 Å². The lowest BCUT2D eigenvalue weighted by Crippen LogP contribution is -2.43. The van der Waals surface area contributed by atoms with Crippen LogP contribution in [-0.4, -0.2) is 52.8 Å². The SMILES string of the molecule is O=C(c1cccnc1Sc1ccccc1)N1CCC(C(=O)N2CCCC2)CC1. The fourth-order valence-electron chi connectivity index (χ4n) is 3.93. The molecule has 28 heavy (non-hydrogen) atoms. The largest absolute Gasteiger partial charge is 0.342 e. The maximum atomic E-state index is 13.1. The number of pyridine rings is 1. The van der Waals surface area contributed by atoms with E-state index in [1.807, 2.05) is 52.3 Å². The Morgan fingerprint density at radius 1 is 0.893 bits per heavy atom. The van der Waals surface area contributed by atoms with E-state index in [9.17, 15) is 9.59 Å². The molecule has 3 heterocycles. The third-order valence-electron chi connectivity index (χ3n) is 5.51. The van der Waals surface area contributed by atoms with Crippen LogP contribution >= 0.6 is 11.8 Å². The molecule has 2 saturated heterocycles. The number of aromatic nitrogens is 1. The lowest BCUT2D eigenvalue weighted by Gasteiger charge is -2.33. The number of likely N-dealkylation sites (tertiary alicyclic amines) is 2. The Hall–Kier alpha value is -2.34. The van der Waals surface area contributed by atoms with Crippen molar-refractivity contribution in [3.05, 3.63) is 54.2 Å². The fraction of sp³-hybridized carbons (Fsp3) is 0.409. The van der Waals surface area contributed by atoms with Gasteiger partial charge in [-0.25, -0.2) is 4.98 Å². The number of carbonyl (C=O) groups excluding carboxylic acids is 2. The highest BCUT2D eigenvalue weighted by Gasteiger charge is 2.32. The second-order valence-electron chi connectivity index (χ2n) is 7.37. The van der Waals surface area contributed by atoms with Gasteiger partial charge >= 0.3 is 0 Å². The minimum Gasteiger partial charge on any atom is -0.342 e. The number of amides is 2. The summed E-state index contributed by atoms with van der Waals surface area (Å²) in [6, 6.07) is 13.6. The average Bonchev–Trinajstić information content (AvgIpc) is 3.29. The molecule has 0 unspecified atom stereocenters. The van der Waals surface area contributed by atoms with Gasteiger partial charge in [0.15, 0.2) is 0 Å². The van der Waals surface area contributed by atoms with Crippen molar-refractivity contribution in [3.8, 4) is 0 Å². The molecule has 0 saturated carbocycles. The molecule has 1 aromatic carbocycles. The summed E-state index contributed by atoms with van der Waals surface area (Å²) in [5, 5.41) is 0.731. The van der Waals surface area contributed by atoms with Crippen molar-refractivity contribution < 1.29 is 9.59 Å². The molecule has 0 N–H and O–H groups in total. The first-order valence-electron chi connectivity index (χ1n) is 9.98. The standard InChI is InChI=1S/C22H25N3O2S/c26-21(24-13-4-5-14-24)17-10-15-25(16-11-17)22(27)19-9-6-12-23-20(19)28-18-7-2-1-3-8-18/h1-3,6-9,12,17H,4-5,10-11,13-16H2. The smallest absolute Gasteiger partial charge is 0.256 e. The van der Waals surface area contributed by atoms with Crippen molar-refractivity contribution in [2.75, 3.05) is 26.2 Å². The van der Waals surface area contributed by atoms with Crippen molar-refractivity contribution in [2.24, 2.45) is 5.92 Å². The number of benzene rings is 1. The van der Waals surface area contributed by atoms with Gasteiger partial charge in [-0.2, -0.15) is 0 Å². The molecule has 146 valence electrons. The monoisotopic (exact) mass is 395 g/mol. The van der Waals surface area contributed by atoms with Gasteiger partial charge in [0, 0.05) is 43.2 Å². The predicted octanol–water partition coefficient (Wildman–Crippen LogP) is 3.71. The van der Waals surface area contributed by atoms with E-state index in [4.69, 9.17) is 0 Å². The highest BCUT2D eigenvalue weighted by molar-refractivity contribution is 7.99. The summed E-state index contributed by atoms with van der Waals surface area (Å²) in [7, 11) is 0. The molecule has 2 amide bonds. The molecule has 0 bridgehead atoms. The van der Waals surface area contributed by atoms with Gasteiger partial charge in [-0.1, -0.05) is 30.0 Å². The van der Waals surface area contributed by atoms with Crippen LogP contribution < -0.4 is 0 Å². The quantitative estimate of drug-likeness (QED) is 0.792. The zero-order valence-corrected chi connectivity index (χ0v) is 16.7. The Kier molecular flexibility index (Phi) is 5.95. The molecule has 2 aliphatic heterocycles. The first-order chi connectivity index (χ1) is 13.7. The molecular weight excluding hydrogens is 370 g/mol. The van der Waals surface area contributed by atoms with Crippen LogP contribution in [0.4, 0.5) is 0 Å². The Balaban J connectivity index is 1.41. The molecule has 2 aliphatic rings. The van der Waals surface area contributed by atoms with Crippen LogP contribution in [0.2, 0.25) is 0 Å². The fourth-order valence-corrected chi connectivity index (χ4v) is 4.83. The van der Waals surface area contributed by atoms with E-state index in [0.717, 1.165) is 48.7 Å². The summed E-state index contributed by atoms with van der Waals surface area (Å²) in [5.41, 5.74) is 0.640. The van der Waals surface area contributed by atoms with Crippen LogP contribution in [0.1, 0.15) is 36.0 Å². The molecule has 4 rings (SSSR count). The van der Waals surface area contributed by atoms with E-state index in [-0.39, 0.29) is 17.7 Å². The van der Waals surface area contributed by atoms with E-state index >= 15 is 0 Å². The summed E-state index contributed by atoms with van der Waals surface area (Å²) in [6.45, 7) is 3.06. The Morgan fingerprint density at radius 3 is 2.32 bits per heavy atom. The lowest BCUT2D eigenvalue weighted by molar-refractivity contribution is -0.135. The van der Waals surface area contributed by atoms with Crippen LogP contribution in [0.3, 0.4) is 0 Å². The van der Waals surface area contributed by atoms with Gasteiger partial charge in [-0.3, -0.25) is 9.59 Å². The average molecular weight is 396 g/mol. The normalized spacial score (nSPS) is 17.7. The molecule has 0 aliphatic carbocycles. The van der Waals surface area contributed by atoms with E-state index in [2.05, 4.69) is 4.98 Å². The Bertz CT molecular complexity index is 829. The van der Waals surface area contributed by atoms with E-state index < -0.39 is 0 Å². The van der Waals surface area contributed by atoms with Gasteiger partial charge in [0.2, 0.25) is 5.91 Å². The summed E-state index contributed by atoms with van der Waals surface area (Å²) >= 11 is 1.51. The molecule has 2 aromatic rings. The number of nitrogens with zero attached hydrogens (tertiary/aromatic N) is 3. The third kappa shape index (κ3) is 4.22. The second kappa shape index (κ2) is 8.78. The molecule has 0 spiro atoms. The van der Waals surface area contributed by atoms with Crippen molar-refractivity contribution in [1.29, 1.82) is 0 Å². The maximum Gasteiger partial charge on any atom is 0.256 e. The molecular formula is C22H25N3O2S. The first kappa shape index (κ1) is 19.0. The van der Waals surface area contributed by atoms with Crippen molar-refractivity contribution in [1.82, 2.24) is 14.8 Å². The van der Waals surface area contributed by atoms with E-state index in [1.165, 1.54) is 11.8 Å². The number of hydrogen-bond acceptors (Lipinski definition) is 4. The molecule has 0 radical (unpaired) electrons. The van der Waals surface area contributed by atoms with Crippen LogP contribution in [0, 0.1) is 5.92 Å². The minimum atomic E-state index is 0.0126. The summed E-state index contributed by atoms with van der Waals surface area (Å²) in [4.78, 5) is 35.1. The van der Waals surface area contributed by atoms with Crippen molar-refractivity contribution in [3.63, 3.8) is 0 Å². The number of rotatable bonds is 4. The molecule has 5 nitrogen and oxygen atoms in total. The topological polar surface area (TPSA) is 53.5 Å². The van der Waals surface area contributed by atoms with Crippen LogP contribution in [0.25, 0.3) is 0 Å². The number of piperidine rings is 1. The summed E-state index contributed by atoms with van der Waals surface area (Å²) < 4.78 is 0. The van der Waals surface area contributed by atoms with E-state index in [1.54, 1.807) is 6.20 Å². The van der Waals surface area contributed by atoms with Crippen LogP contribution in [-0.2, 0) is 4.79 Å². The highest BCUT2D eigenvalue weighted by Crippen LogP contribution is 2.30. The zero-order valence-electron chi connectivity index (χ0n) is 15.9. The summed E-state index contributed by atoms with van der Waals surface area (Å²) in [6.07, 6.45) is 5.46. The molecule has 6 heteroatoms.